The van der Waals surface area contributed by atoms with E-state index >= 15 is 0 Å². The second kappa shape index (κ2) is 12.4. The third-order valence-corrected chi connectivity index (χ3v) is 1.83. The molecule has 84 valence electrons. The second-order valence-corrected chi connectivity index (χ2v) is 3.20. The standard InChI is InChI=1S/C7H16.C4H6N2.ClH/c1-3-5-7-6-4-2;5-4-1-2-6-3-4;/h3-7H2,1-2H3;1-3,6H,5H2;1H. The van der Waals surface area contributed by atoms with Crippen LogP contribution >= 0.6 is 12.4 Å². The number of hydrogen-bond donors (Lipinski definition) is 2. The van der Waals surface area contributed by atoms with Gasteiger partial charge in [-0.1, -0.05) is 46.0 Å². The monoisotopic (exact) mass is 218 g/mol. The van der Waals surface area contributed by atoms with Crippen molar-refractivity contribution in [2.45, 2.75) is 46.0 Å². The molecule has 14 heavy (non-hydrogen) atoms. The van der Waals surface area contributed by atoms with E-state index < -0.39 is 0 Å². The van der Waals surface area contributed by atoms with E-state index in [0.717, 1.165) is 5.69 Å². The molecule has 0 fully saturated rings. The SMILES string of the molecule is CCCCCCC.Cl.Nc1cc[nH]c1. The molecule has 1 rings (SSSR count). The van der Waals surface area contributed by atoms with E-state index in [2.05, 4.69) is 18.8 Å². The van der Waals surface area contributed by atoms with Crippen LogP contribution in [0, 0.1) is 0 Å². The van der Waals surface area contributed by atoms with Crippen molar-refractivity contribution in [1.29, 1.82) is 0 Å². The van der Waals surface area contributed by atoms with Crippen molar-refractivity contribution in [1.82, 2.24) is 4.98 Å². The van der Waals surface area contributed by atoms with Gasteiger partial charge < -0.3 is 10.7 Å². The van der Waals surface area contributed by atoms with Crippen LogP contribution in [0.2, 0.25) is 0 Å². The van der Waals surface area contributed by atoms with Gasteiger partial charge in [0.2, 0.25) is 0 Å². The predicted octanol–water partition coefficient (Wildman–Crippen LogP) is 4.00. The Morgan fingerprint density at radius 1 is 1.14 bits per heavy atom. The fraction of sp³-hybridized carbons (Fsp3) is 0.636. The Bertz CT molecular complexity index is 169. The molecule has 1 aromatic heterocycles. The number of aromatic amines is 1. The Kier molecular flexibility index (Phi) is 14.0. The van der Waals surface area contributed by atoms with Gasteiger partial charge in [0.25, 0.3) is 0 Å². The number of hydrogen-bond acceptors (Lipinski definition) is 1. The van der Waals surface area contributed by atoms with E-state index in [-0.39, 0.29) is 12.4 Å². The van der Waals surface area contributed by atoms with Gasteiger partial charge in [-0.05, 0) is 6.07 Å². The fourth-order valence-electron chi connectivity index (χ4n) is 1.01. The molecule has 0 unspecified atom stereocenters. The van der Waals surface area contributed by atoms with E-state index in [1.807, 2.05) is 0 Å². The third-order valence-electron chi connectivity index (χ3n) is 1.83. The lowest BCUT2D eigenvalue weighted by molar-refractivity contribution is 0.656. The summed E-state index contributed by atoms with van der Waals surface area (Å²) in [6.07, 6.45) is 10.5. The molecule has 0 aliphatic rings. The first kappa shape index (κ1) is 15.8. The number of nitrogens with one attached hydrogen (secondary N) is 1. The summed E-state index contributed by atoms with van der Waals surface area (Å²) in [5.74, 6) is 0. The number of unbranched alkanes of at least 4 members (excludes halogenated alkanes) is 4. The minimum absolute atomic E-state index is 0. The molecule has 3 N–H and O–H groups in total. The predicted molar refractivity (Wildman–Crippen MR) is 66.9 cm³/mol. The second-order valence-electron chi connectivity index (χ2n) is 3.20. The van der Waals surface area contributed by atoms with Crippen LogP contribution in [-0.4, -0.2) is 4.98 Å². The Labute approximate surface area is 93.7 Å². The van der Waals surface area contributed by atoms with Crippen LogP contribution in [0.5, 0.6) is 0 Å². The summed E-state index contributed by atoms with van der Waals surface area (Å²) >= 11 is 0. The molecule has 0 aromatic carbocycles. The number of aromatic nitrogens is 1. The van der Waals surface area contributed by atoms with E-state index in [1.54, 1.807) is 18.5 Å². The van der Waals surface area contributed by atoms with Gasteiger partial charge in [-0.15, -0.1) is 12.4 Å². The topological polar surface area (TPSA) is 41.8 Å². The van der Waals surface area contributed by atoms with Crippen molar-refractivity contribution in [3.63, 3.8) is 0 Å². The fourth-order valence-corrected chi connectivity index (χ4v) is 1.01. The molecular weight excluding hydrogens is 196 g/mol. The molecule has 1 heterocycles. The first-order valence-electron chi connectivity index (χ1n) is 5.19. The zero-order chi connectivity index (χ0) is 9.94. The molecule has 0 atom stereocenters. The van der Waals surface area contributed by atoms with Gasteiger partial charge >= 0.3 is 0 Å². The summed E-state index contributed by atoms with van der Waals surface area (Å²) < 4.78 is 0. The van der Waals surface area contributed by atoms with Crippen LogP contribution in [-0.2, 0) is 0 Å². The first-order valence-corrected chi connectivity index (χ1v) is 5.19. The average Bonchev–Trinajstić information content (AvgIpc) is 2.58. The third kappa shape index (κ3) is 11.4. The first-order chi connectivity index (χ1) is 6.31. The molecule has 1 aromatic rings. The Morgan fingerprint density at radius 2 is 1.71 bits per heavy atom. The average molecular weight is 219 g/mol. The van der Waals surface area contributed by atoms with Gasteiger partial charge in [-0.3, -0.25) is 0 Å². The summed E-state index contributed by atoms with van der Waals surface area (Å²) in [5.41, 5.74) is 6.03. The van der Waals surface area contributed by atoms with Crippen molar-refractivity contribution in [2.75, 3.05) is 5.73 Å². The Hall–Kier alpha value is -0.630. The molecule has 0 saturated carbocycles. The van der Waals surface area contributed by atoms with Crippen LogP contribution in [0.1, 0.15) is 46.0 Å². The highest BCUT2D eigenvalue weighted by Gasteiger charge is 1.80. The zero-order valence-corrected chi connectivity index (χ0v) is 10.1. The van der Waals surface area contributed by atoms with Gasteiger partial charge in [-0.25, -0.2) is 0 Å². The lowest BCUT2D eigenvalue weighted by atomic mass is 10.2. The maximum atomic E-state index is 5.25. The summed E-state index contributed by atoms with van der Waals surface area (Å²) in [6.45, 7) is 4.49. The number of halogens is 1. The van der Waals surface area contributed by atoms with Crippen molar-refractivity contribution in [3.05, 3.63) is 18.5 Å². The van der Waals surface area contributed by atoms with Gasteiger partial charge in [0.15, 0.2) is 0 Å². The van der Waals surface area contributed by atoms with Crippen LogP contribution in [0.25, 0.3) is 0 Å². The minimum atomic E-state index is 0. The molecule has 0 amide bonds. The highest BCUT2D eigenvalue weighted by molar-refractivity contribution is 5.85. The summed E-state index contributed by atoms with van der Waals surface area (Å²) in [7, 11) is 0. The van der Waals surface area contributed by atoms with Crippen LogP contribution in [0.4, 0.5) is 5.69 Å². The van der Waals surface area contributed by atoms with Gasteiger partial charge in [0.05, 0.1) is 0 Å². The molecule has 3 heteroatoms. The highest BCUT2D eigenvalue weighted by Crippen LogP contribution is 2.00. The van der Waals surface area contributed by atoms with E-state index in [4.69, 9.17) is 5.73 Å². The minimum Gasteiger partial charge on any atom is -0.398 e. The molecular formula is C11H23ClN2. The molecule has 0 radical (unpaired) electrons. The van der Waals surface area contributed by atoms with Gasteiger partial charge in [0.1, 0.15) is 0 Å². The summed E-state index contributed by atoms with van der Waals surface area (Å²) in [6, 6.07) is 1.81. The lowest BCUT2D eigenvalue weighted by Crippen LogP contribution is -1.75. The molecule has 0 saturated heterocycles. The number of nitrogen functional groups attached to an aromatic ring is 1. The van der Waals surface area contributed by atoms with E-state index in [0.29, 0.717) is 0 Å². The van der Waals surface area contributed by atoms with Crippen molar-refractivity contribution in [3.8, 4) is 0 Å². The number of anilines is 1. The number of nitrogens with two attached hydrogens (primary N) is 1. The van der Waals surface area contributed by atoms with E-state index in [9.17, 15) is 0 Å². The Balaban J connectivity index is 0. The largest absolute Gasteiger partial charge is 0.398 e. The molecule has 0 spiro atoms. The van der Waals surface area contributed by atoms with Crippen molar-refractivity contribution < 1.29 is 0 Å². The van der Waals surface area contributed by atoms with Gasteiger partial charge in [0, 0.05) is 18.1 Å². The molecule has 0 aliphatic heterocycles. The highest BCUT2D eigenvalue weighted by atomic mass is 35.5. The molecule has 0 aliphatic carbocycles. The molecule has 0 bridgehead atoms. The molecule has 2 nitrogen and oxygen atoms in total. The zero-order valence-electron chi connectivity index (χ0n) is 9.25. The maximum absolute atomic E-state index is 5.25. The summed E-state index contributed by atoms with van der Waals surface area (Å²) in [5, 5.41) is 0. The van der Waals surface area contributed by atoms with Crippen molar-refractivity contribution >= 4 is 18.1 Å². The quantitative estimate of drug-likeness (QED) is 0.738. The smallest absolute Gasteiger partial charge is 0.0491 e. The maximum Gasteiger partial charge on any atom is 0.0491 e. The van der Waals surface area contributed by atoms with Crippen LogP contribution in [0.3, 0.4) is 0 Å². The Morgan fingerprint density at radius 3 is 1.93 bits per heavy atom. The number of rotatable bonds is 4. The normalized spacial score (nSPS) is 8.43. The van der Waals surface area contributed by atoms with Gasteiger partial charge in [-0.2, -0.15) is 0 Å². The summed E-state index contributed by atoms with van der Waals surface area (Å²) in [4.78, 5) is 2.80. The van der Waals surface area contributed by atoms with Crippen molar-refractivity contribution in [2.24, 2.45) is 0 Å². The van der Waals surface area contributed by atoms with E-state index in [1.165, 1.54) is 32.1 Å². The van der Waals surface area contributed by atoms with Crippen LogP contribution in [0.15, 0.2) is 18.5 Å². The number of H-pyrrole nitrogens is 1. The van der Waals surface area contributed by atoms with Crippen LogP contribution < -0.4 is 5.73 Å². The lowest BCUT2D eigenvalue weighted by Gasteiger charge is -1.90.